The van der Waals surface area contributed by atoms with E-state index in [0.29, 0.717) is 12.8 Å². The molecule has 1 saturated heterocycles. The first-order valence-corrected chi connectivity index (χ1v) is 16.1. The summed E-state index contributed by atoms with van der Waals surface area (Å²) in [6.45, 7) is 12.5. The number of aliphatic carboxylic acids is 2. The molecule has 0 spiro atoms. The van der Waals surface area contributed by atoms with Gasteiger partial charge in [-0.15, -0.1) is 0 Å². The molecular weight excluding hydrogens is 593 g/mol. The molecule has 4 atom stereocenters. The van der Waals surface area contributed by atoms with Crippen LogP contribution in [0.15, 0.2) is 11.4 Å². The Hall–Kier alpha value is -3.50. The number of rotatable bonds is 8. The van der Waals surface area contributed by atoms with E-state index in [1.165, 1.54) is 0 Å². The third kappa shape index (κ3) is 6.06. The topological polar surface area (TPSA) is 134 Å². The lowest BCUT2D eigenvalue weighted by molar-refractivity contribution is -0.138. The zero-order valence-electron chi connectivity index (χ0n) is 26.1. The van der Waals surface area contributed by atoms with Crippen molar-refractivity contribution in [2.24, 2.45) is 11.8 Å². The molecule has 3 aromatic heterocycles. The zero-order valence-corrected chi connectivity index (χ0v) is 27.8. The highest BCUT2D eigenvalue weighted by molar-refractivity contribution is 7.81. The second-order valence-corrected chi connectivity index (χ2v) is 13.8. The second kappa shape index (κ2) is 12.5. The van der Waals surface area contributed by atoms with Crippen molar-refractivity contribution >= 4 is 61.5 Å². The van der Waals surface area contributed by atoms with Gasteiger partial charge in [-0.25, -0.2) is 0 Å². The molecule has 0 radical (unpaired) electrons. The van der Waals surface area contributed by atoms with Crippen molar-refractivity contribution in [1.82, 2.24) is 20.3 Å². The number of fused-ring (bicyclic) bond motifs is 8. The van der Waals surface area contributed by atoms with Gasteiger partial charge in [0, 0.05) is 80.0 Å². The Balaban J connectivity index is 1.86. The van der Waals surface area contributed by atoms with Gasteiger partial charge in [0.2, 0.25) is 0 Å². The van der Waals surface area contributed by atoms with E-state index < -0.39 is 11.9 Å². The molecule has 1 unspecified atom stereocenters. The molecule has 3 aromatic rings. The molecule has 0 saturated carbocycles. The van der Waals surface area contributed by atoms with Crippen LogP contribution in [-0.4, -0.2) is 42.4 Å². The van der Waals surface area contributed by atoms with Gasteiger partial charge >= 0.3 is 11.9 Å². The van der Waals surface area contributed by atoms with Crippen LogP contribution >= 0.6 is 25.3 Å². The van der Waals surface area contributed by atoms with Crippen LogP contribution in [0.1, 0.15) is 95.0 Å². The van der Waals surface area contributed by atoms with E-state index in [-0.39, 0.29) is 35.2 Å². The van der Waals surface area contributed by atoms with Gasteiger partial charge < -0.3 is 30.5 Å². The highest BCUT2D eigenvalue weighted by atomic mass is 32.1. The fourth-order valence-corrected chi connectivity index (χ4v) is 7.61. The van der Waals surface area contributed by atoms with Crippen LogP contribution in [0.5, 0.6) is 0 Å². The molecule has 8 bridgehead atoms. The maximum atomic E-state index is 11.6. The Labute approximate surface area is 268 Å². The molecule has 6 N–H and O–H groups in total. The van der Waals surface area contributed by atoms with Crippen molar-refractivity contribution in [2.45, 2.75) is 77.7 Å². The summed E-state index contributed by atoms with van der Waals surface area (Å²) in [6.07, 6.45) is 9.15. The molecule has 10 heteroatoms. The first kappa shape index (κ1) is 31.9. The Bertz CT molecular complexity index is 1820. The van der Waals surface area contributed by atoms with Crippen LogP contribution in [0, 0.1) is 32.6 Å². The minimum atomic E-state index is -0.860. The minimum Gasteiger partial charge on any atom is -0.481 e. The Morgan fingerprint density at radius 2 is 1.32 bits per heavy atom. The standard InChI is InChI=1S/C34H42N4O4S2/c1-15-21(7-9-31(39)40)27-14-28-22(8-10-32(41)42)16(2)24(36-28)12-29-34(20(6)44)18(4)26(38-29)13-30-33(19(5)43)17(3)25(37-30)11-23(15)35-27/h11-14,17,19-20,33,35-38,43-44H,7-10H2,1-6H3,(H,39,40)(H,41,42)/b24-12+,25-11+,28-14-,30-13-/t17?,19-,20-,33+/m0/s1. The summed E-state index contributed by atoms with van der Waals surface area (Å²) in [5, 5.41) is 24.5. The molecule has 5 rings (SSSR count). The lowest BCUT2D eigenvalue weighted by Gasteiger charge is -2.19. The Morgan fingerprint density at radius 1 is 0.750 bits per heavy atom. The summed E-state index contributed by atoms with van der Waals surface area (Å²) in [5.41, 5.74) is 11.9. The molecular formula is C34H42N4O4S2. The van der Waals surface area contributed by atoms with Crippen LogP contribution in [0.4, 0.5) is 0 Å². The largest absolute Gasteiger partial charge is 0.481 e. The molecule has 8 nitrogen and oxygen atoms in total. The first-order chi connectivity index (χ1) is 20.8. The summed E-state index contributed by atoms with van der Waals surface area (Å²) in [5.74, 6) is -1.39. The van der Waals surface area contributed by atoms with Gasteiger partial charge in [-0.1, -0.05) is 13.8 Å². The number of hydrogen-bond acceptors (Lipinski definition) is 5. The van der Waals surface area contributed by atoms with Gasteiger partial charge in [0.15, 0.2) is 0 Å². The average molecular weight is 635 g/mol. The summed E-state index contributed by atoms with van der Waals surface area (Å²) in [6, 6.07) is 0. The van der Waals surface area contributed by atoms with Gasteiger partial charge in [0.1, 0.15) is 0 Å². The molecule has 2 aliphatic heterocycles. The molecule has 0 amide bonds. The van der Waals surface area contributed by atoms with Crippen LogP contribution in [0.2, 0.25) is 0 Å². The normalized spacial score (nSPS) is 22.8. The first-order valence-electron chi connectivity index (χ1n) is 15.1. The molecule has 234 valence electrons. The summed E-state index contributed by atoms with van der Waals surface area (Å²) in [4.78, 5) is 34.0. The highest BCUT2D eigenvalue weighted by Gasteiger charge is 2.35. The van der Waals surface area contributed by atoms with E-state index in [9.17, 15) is 19.8 Å². The quantitative estimate of drug-likeness (QED) is 0.162. The number of allylic oxidation sites excluding steroid dienone is 2. The fourth-order valence-electron chi connectivity index (χ4n) is 6.85. The number of carboxylic acids is 2. The molecule has 0 aliphatic carbocycles. The number of hydrogen-bond donors (Lipinski definition) is 8. The van der Waals surface area contributed by atoms with Crippen molar-refractivity contribution in [3.63, 3.8) is 0 Å². The predicted molar refractivity (Wildman–Crippen MR) is 182 cm³/mol. The summed E-state index contributed by atoms with van der Waals surface area (Å²) < 4.78 is 0. The molecule has 1 fully saturated rings. The zero-order chi connectivity index (χ0) is 32.0. The summed E-state index contributed by atoms with van der Waals surface area (Å²) >= 11 is 9.73. The van der Waals surface area contributed by atoms with Crippen molar-refractivity contribution in [3.8, 4) is 0 Å². The number of nitrogens with one attached hydrogen (secondary N) is 4. The van der Waals surface area contributed by atoms with Crippen LogP contribution in [0.3, 0.4) is 0 Å². The van der Waals surface area contributed by atoms with Crippen molar-refractivity contribution in [3.05, 3.63) is 78.2 Å². The van der Waals surface area contributed by atoms with Crippen molar-refractivity contribution in [2.75, 3.05) is 0 Å². The maximum Gasteiger partial charge on any atom is 0.303 e. The van der Waals surface area contributed by atoms with Crippen LogP contribution in [0.25, 0.3) is 24.3 Å². The number of aromatic nitrogens is 3. The van der Waals surface area contributed by atoms with Gasteiger partial charge in [-0.2, -0.15) is 25.3 Å². The Kier molecular flexibility index (Phi) is 9.05. The van der Waals surface area contributed by atoms with E-state index in [1.54, 1.807) is 0 Å². The monoisotopic (exact) mass is 634 g/mol. The van der Waals surface area contributed by atoms with Crippen molar-refractivity contribution < 1.29 is 19.8 Å². The minimum absolute atomic E-state index is 0.00150. The molecule has 2 aliphatic rings. The smallest absolute Gasteiger partial charge is 0.303 e. The van der Waals surface area contributed by atoms with Crippen LogP contribution < -0.4 is 16.0 Å². The number of aromatic amines is 3. The fraction of sp³-hybridized carbons (Fsp3) is 0.412. The molecule has 0 aromatic carbocycles. The molecule has 5 heterocycles. The Morgan fingerprint density at radius 3 is 1.93 bits per heavy atom. The number of H-pyrrole nitrogens is 3. The lowest BCUT2D eigenvalue weighted by Crippen LogP contribution is -2.17. The SMILES string of the molecule is Cc1c2[nH]c(c1CCC(=O)O)/C=c1\[nH]/c(c(C)c1CCC(=O)O)=C/c1[nH]c(c(C)c1[C@H](C)S)/C=C1\N/C(=C/2)C(C)[C@@H]1[C@H](C)S. The second-order valence-electron chi connectivity index (χ2n) is 12.2. The van der Waals surface area contributed by atoms with E-state index in [0.717, 1.165) is 78.2 Å². The van der Waals surface area contributed by atoms with E-state index in [4.69, 9.17) is 25.3 Å². The van der Waals surface area contributed by atoms with E-state index in [1.807, 2.05) is 19.9 Å². The van der Waals surface area contributed by atoms with E-state index >= 15 is 0 Å². The van der Waals surface area contributed by atoms with Gasteiger partial charge in [-0.3, -0.25) is 9.59 Å². The van der Waals surface area contributed by atoms with E-state index in [2.05, 4.69) is 66.2 Å². The third-order valence-corrected chi connectivity index (χ3v) is 9.82. The van der Waals surface area contributed by atoms with Gasteiger partial charge in [0.25, 0.3) is 0 Å². The maximum absolute atomic E-state index is 11.6. The summed E-state index contributed by atoms with van der Waals surface area (Å²) in [7, 11) is 0. The number of thiol groups is 2. The third-order valence-electron chi connectivity index (χ3n) is 9.24. The van der Waals surface area contributed by atoms with Gasteiger partial charge in [-0.05, 0) is 98.2 Å². The number of carboxylic acid groups (broad SMARTS) is 2. The lowest BCUT2D eigenvalue weighted by atomic mass is 9.89. The van der Waals surface area contributed by atoms with Gasteiger partial charge in [0.05, 0.1) is 0 Å². The average Bonchev–Trinajstić information content (AvgIpc) is 3.59. The van der Waals surface area contributed by atoms with Crippen LogP contribution in [-0.2, 0) is 22.4 Å². The number of carbonyl (C=O) groups is 2. The highest BCUT2D eigenvalue weighted by Crippen LogP contribution is 2.40. The van der Waals surface area contributed by atoms with Crippen molar-refractivity contribution in [1.29, 1.82) is 0 Å². The molecule has 44 heavy (non-hydrogen) atoms. The predicted octanol–water partition coefficient (Wildman–Crippen LogP) is 5.15.